The van der Waals surface area contributed by atoms with Crippen LogP contribution in [0.15, 0.2) is 70.2 Å². The Hall–Kier alpha value is -4.16. The number of hydrogen-bond donors (Lipinski definition) is 2. The number of nitrogens with one attached hydrogen (secondary N) is 2. The third kappa shape index (κ3) is 7.42. The van der Waals surface area contributed by atoms with E-state index in [0.717, 1.165) is 5.56 Å². The summed E-state index contributed by atoms with van der Waals surface area (Å²) < 4.78 is 12.4. The number of anilines is 1. The first kappa shape index (κ1) is 25.5. The molecule has 0 spiro atoms. The summed E-state index contributed by atoms with van der Waals surface area (Å²) in [6, 6.07) is 19.7. The highest BCUT2D eigenvalue weighted by Gasteiger charge is 2.14. The van der Waals surface area contributed by atoms with Gasteiger partial charge in [0.1, 0.15) is 6.61 Å². The third-order valence-electron chi connectivity index (χ3n) is 4.69. The van der Waals surface area contributed by atoms with Gasteiger partial charge in [-0.25, -0.2) is 5.43 Å². The SMILES string of the molecule is CCOc1cc(/C=N/NC(=O)C(=O)Nc2ccc(C#N)cc2)cc(Br)c1OCc1ccc(C)cc1. The fourth-order valence-electron chi connectivity index (χ4n) is 2.94. The molecule has 0 fully saturated rings. The van der Waals surface area contributed by atoms with Crippen LogP contribution < -0.4 is 20.2 Å². The van der Waals surface area contributed by atoms with Crippen LogP contribution in [0.25, 0.3) is 0 Å². The van der Waals surface area contributed by atoms with Gasteiger partial charge in [-0.15, -0.1) is 0 Å². The van der Waals surface area contributed by atoms with Crippen molar-refractivity contribution in [1.82, 2.24) is 5.43 Å². The molecule has 3 aromatic rings. The van der Waals surface area contributed by atoms with Crippen LogP contribution in [0.4, 0.5) is 5.69 Å². The highest BCUT2D eigenvalue weighted by Crippen LogP contribution is 2.37. The molecule has 178 valence electrons. The van der Waals surface area contributed by atoms with Gasteiger partial charge in [0.25, 0.3) is 0 Å². The lowest BCUT2D eigenvalue weighted by molar-refractivity contribution is -0.136. The zero-order valence-electron chi connectivity index (χ0n) is 19.2. The lowest BCUT2D eigenvalue weighted by Gasteiger charge is -2.15. The van der Waals surface area contributed by atoms with Crippen molar-refractivity contribution >= 4 is 39.6 Å². The number of nitriles is 1. The summed E-state index contributed by atoms with van der Waals surface area (Å²) in [6.45, 7) is 4.70. The topological polar surface area (TPSA) is 113 Å². The van der Waals surface area contributed by atoms with E-state index in [1.54, 1.807) is 12.1 Å². The maximum absolute atomic E-state index is 12.0. The maximum atomic E-state index is 12.0. The number of carbonyl (C=O) groups is 2. The van der Waals surface area contributed by atoms with Gasteiger partial charge in [-0.1, -0.05) is 29.8 Å². The van der Waals surface area contributed by atoms with Crippen LogP contribution in [0, 0.1) is 18.3 Å². The van der Waals surface area contributed by atoms with Gasteiger partial charge < -0.3 is 14.8 Å². The van der Waals surface area contributed by atoms with Gasteiger partial charge >= 0.3 is 11.8 Å². The smallest absolute Gasteiger partial charge is 0.329 e. The van der Waals surface area contributed by atoms with Crippen LogP contribution in [0.1, 0.15) is 29.2 Å². The second-order valence-electron chi connectivity index (χ2n) is 7.38. The first-order chi connectivity index (χ1) is 16.9. The first-order valence-corrected chi connectivity index (χ1v) is 11.5. The molecule has 2 N–H and O–H groups in total. The summed E-state index contributed by atoms with van der Waals surface area (Å²) in [7, 11) is 0. The molecule has 9 heteroatoms. The molecule has 0 atom stereocenters. The number of nitrogens with zero attached hydrogens (tertiary/aromatic N) is 2. The second kappa shape index (κ2) is 12.3. The van der Waals surface area contributed by atoms with Crippen molar-refractivity contribution in [2.24, 2.45) is 5.10 Å². The standard InChI is InChI=1S/C26H23BrN4O4/c1-3-34-23-13-20(12-22(27)24(23)35-16-19-6-4-17(2)5-7-19)15-29-31-26(33)25(32)30-21-10-8-18(14-28)9-11-21/h4-13,15H,3,16H2,1-2H3,(H,30,32)(H,31,33)/b29-15+. The van der Waals surface area contributed by atoms with Crippen molar-refractivity contribution in [3.63, 3.8) is 0 Å². The van der Waals surface area contributed by atoms with E-state index in [0.29, 0.717) is 46.0 Å². The van der Waals surface area contributed by atoms with Crippen molar-refractivity contribution in [1.29, 1.82) is 5.26 Å². The van der Waals surface area contributed by atoms with Gasteiger partial charge in [0.2, 0.25) is 0 Å². The number of halogens is 1. The molecular formula is C26H23BrN4O4. The Balaban J connectivity index is 1.63. The molecule has 8 nitrogen and oxygen atoms in total. The van der Waals surface area contributed by atoms with Gasteiger partial charge in [0, 0.05) is 5.69 Å². The minimum Gasteiger partial charge on any atom is -0.490 e. The molecule has 3 rings (SSSR count). The molecule has 0 aliphatic carbocycles. The summed E-state index contributed by atoms with van der Waals surface area (Å²) in [5.74, 6) is -0.758. The molecule has 35 heavy (non-hydrogen) atoms. The highest BCUT2D eigenvalue weighted by molar-refractivity contribution is 9.10. The number of rotatable bonds is 8. The van der Waals surface area contributed by atoms with Crippen LogP contribution in [-0.4, -0.2) is 24.6 Å². The van der Waals surface area contributed by atoms with E-state index in [4.69, 9.17) is 14.7 Å². The van der Waals surface area contributed by atoms with E-state index in [1.165, 1.54) is 36.0 Å². The summed E-state index contributed by atoms with van der Waals surface area (Å²) in [5.41, 5.74) is 5.84. The Morgan fingerprint density at radius 3 is 2.43 bits per heavy atom. The zero-order chi connectivity index (χ0) is 25.2. The monoisotopic (exact) mass is 534 g/mol. The van der Waals surface area contributed by atoms with Gasteiger partial charge in [0.05, 0.1) is 28.9 Å². The Morgan fingerprint density at radius 1 is 1.06 bits per heavy atom. The molecule has 0 bridgehead atoms. The van der Waals surface area contributed by atoms with E-state index in [-0.39, 0.29) is 0 Å². The number of ether oxygens (including phenoxy) is 2. The summed E-state index contributed by atoms with van der Waals surface area (Å²) in [5, 5.41) is 15.1. The molecule has 0 aliphatic rings. The molecule has 0 heterocycles. The highest BCUT2D eigenvalue weighted by atomic mass is 79.9. The van der Waals surface area contributed by atoms with Crippen molar-refractivity contribution in [2.45, 2.75) is 20.5 Å². The Labute approximate surface area is 211 Å². The van der Waals surface area contributed by atoms with Crippen molar-refractivity contribution < 1.29 is 19.1 Å². The Morgan fingerprint density at radius 2 is 1.77 bits per heavy atom. The van der Waals surface area contributed by atoms with E-state index in [1.807, 2.05) is 44.2 Å². The molecule has 0 unspecified atom stereocenters. The Kier molecular flexibility index (Phi) is 8.98. The zero-order valence-corrected chi connectivity index (χ0v) is 20.8. The number of hydrazone groups is 1. The van der Waals surface area contributed by atoms with Crippen molar-refractivity contribution in [3.8, 4) is 17.6 Å². The summed E-state index contributed by atoms with van der Waals surface area (Å²) >= 11 is 3.51. The average molecular weight is 535 g/mol. The first-order valence-electron chi connectivity index (χ1n) is 10.7. The number of carbonyl (C=O) groups excluding carboxylic acids is 2. The molecule has 3 aromatic carbocycles. The summed E-state index contributed by atoms with van der Waals surface area (Å²) in [4.78, 5) is 24.1. The minimum atomic E-state index is -0.937. The lowest BCUT2D eigenvalue weighted by atomic mass is 10.2. The van der Waals surface area contributed by atoms with Crippen LogP contribution in [0.3, 0.4) is 0 Å². The Bertz CT molecular complexity index is 1270. The van der Waals surface area contributed by atoms with E-state index >= 15 is 0 Å². The van der Waals surface area contributed by atoms with E-state index < -0.39 is 11.8 Å². The number of amides is 2. The number of benzene rings is 3. The molecular weight excluding hydrogens is 512 g/mol. The van der Waals surface area contributed by atoms with Gasteiger partial charge in [-0.3, -0.25) is 9.59 Å². The molecule has 0 radical (unpaired) electrons. The van der Waals surface area contributed by atoms with Crippen LogP contribution in [0.5, 0.6) is 11.5 Å². The molecule has 0 aromatic heterocycles. The molecule has 0 saturated heterocycles. The van der Waals surface area contributed by atoms with Gasteiger partial charge in [0.15, 0.2) is 11.5 Å². The fraction of sp³-hybridized carbons (Fsp3) is 0.154. The van der Waals surface area contributed by atoms with Crippen molar-refractivity contribution in [2.75, 3.05) is 11.9 Å². The summed E-state index contributed by atoms with van der Waals surface area (Å²) in [6.07, 6.45) is 1.39. The van der Waals surface area contributed by atoms with E-state index in [9.17, 15) is 9.59 Å². The van der Waals surface area contributed by atoms with E-state index in [2.05, 4.69) is 31.8 Å². The average Bonchev–Trinajstić information content (AvgIpc) is 2.85. The quantitative estimate of drug-likeness (QED) is 0.247. The molecule has 2 amide bonds. The molecule has 0 saturated carbocycles. The van der Waals surface area contributed by atoms with Crippen LogP contribution >= 0.6 is 15.9 Å². The maximum Gasteiger partial charge on any atom is 0.329 e. The lowest BCUT2D eigenvalue weighted by Crippen LogP contribution is -2.32. The molecule has 0 aliphatic heterocycles. The normalized spacial score (nSPS) is 10.5. The minimum absolute atomic E-state index is 0.372. The predicted octanol–water partition coefficient (Wildman–Crippen LogP) is 4.70. The third-order valence-corrected chi connectivity index (χ3v) is 5.28. The number of hydrogen-bond acceptors (Lipinski definition) is 6. The fourth-order valence-corrected chi connectivity index (χ4v) is 3.51. The van der Waals surface area contributed by atoms with Gasteiger partial charge in [-0.05, 0) is 77.3 Å². The second-order valence-corrected chi connectivity index (χ2v) is 8.23. The largest absolute Gasteiger partial charge is 0.490 e. The van der Waals surface area contributed by atoms with Crippen molar-refractivity contribution in [3.05, 3.63) is 87.4 Å². The van der Waals surface area contributed by atoms with Crippen LogP contribution in [-0.2, 0) is 16.2 Å². The van der Waals surface area contributed by atoms with Gasteiger partial charge in [-0.2, -0.15) is 10.4 Å². The number of aryl methyl sites for hydroxylation is 1. The van der Waals surface area contributed by atoms with Crippen LogP contribution in [0.2, 0.25) is 0 Å². The predicted molar refractivity (Wildman–Crippen MR) is 136 cm³/mol.